The molecule has 0 fully saturated rings. The van der Waals surface area contributed by atoms with E-state index >= 15 is 0 Å². The highest BCUT2D eigenvalue weighted by atomic mass is 19.4. The summed E-state index contributed by atoms with van der Waals surface area (Å²) in [5.74, 6) is -0.837. The van der Waals surface area contributed by atoms with Crippen LogP contribution in [0.3, 0.4) is 0 Å². The minimum Gasteiger partial charge on any atom is -0.480 e. The summed E-state index contributed by atoms with van der Waals surface area (Å²) < 4.78 is 46.8. The predicted octanol–water partition coefficient (Wildman–Crippen LogP) is 3.27. The Bertz CT molecular complexity index is 1020. The van der Waals surface area contributed by atoms with Crippen LogP contribution in [0.15, 0.2) is 42.6 Å². The number of amides is 1. The zero-order valence-electron chi connectivity index (χ0n) is 15.9. The second kappa shape index (κ2) is 7.90. The number of carbonyl (C=O) groups excluding carboxylic acids is 1. The molecule has 0 atom stereocenters. The second-order valence-electron chi connectivity index (χ2n) is 6.34. The smallest absolute Gasteiger partial charge is 0.434 e. The van der Waals surface area contributed by atoms with E-state index in [1.807, 2.05) is 31.2 Å². The minimum absolute atomic E-state index is 0.142. The molecule has 0 N–H and O–H groups in total. The first-order chi connectivity index (χ1) is 13.7. The Labute approximate surface area is 164 Å². The van der Waals surface area contributed by atoms with E-state index in [1.54, 1.807) is 0 Å². The maximum Gasteiger partial charge on any atom is 0.434 e. The first-order valence-electron chi connectivity index (χ1n) is 8.55. The Hall–Kier alpha value is -3.43. The van der Waals surface area contributed by atoms with Crippen molar-refractivity contribution in [3.63, 3.8) is 0 Å². The van der Waals surface area contributed by atoms with E-state index in [4.69, 9.17) is 4.74 Å². The number of hydrogen-bond acceptors (Lipinski definition) is 5. The van der Waals surface area contributed by atoms with Gasteiger partial charge in [-0.15, -0.1) is 10.2 Å². The molecule has 10 heteroatoms. The van der Waals surface area contributed by atoms with Crippen molar-refractivity contribution in [1.82, 2.24) is 24.9 Å². The molecule has 1 amide bonds. The van der Waals surface area contributed by atoms with Crippen LogP contribution in [-0.2, 0) is 12.7 Å². The summed E-state index contributed by atoms with van der Waals surface area (Å²) in [6.45, 7) is 2.03. The van der Waals surface area contributed by atoms with Crippen molar-refractivity contribution in [1.29, 1.82) is 0 Å². The molecule has 0 aliphatic carbocycles. The average molecular weight is 405 g/mol. The SMILES string of the molecule is COc1ccc(-n2ncc(C(=O)N(C)Cc3ccccc3C)c2C(F)(F)F)nn1. The van der Waals surface area contributed by atoms with E-state index in [0.29, 0.717) is 4.68 Å². The molecule has 0 aliphatic rings. The van der Waals surface area contributed by atoms with Crippen LogP contribution in [0.1, 0.15) is 27.2 Å². The highest BCUT2D eigenvalue weighted by molar-refractivity contribution is 5.95. The van der Waals surface area contributed by atoms with Crippen LogP contribution < -0.4 is 4.74 Å². The lowest BCUT2D eigenvalue weighted by Gasteiger charge is -2.19. The van der Waals surface area contributed by atoms with Gasteiger partial charge < -0.3 is 9.64 Å². The standard InChI is InChI=1S/C19H18F3N5O2/c1-12-6-4-5-7-13(12)11-26(2)18(28)14-10-23-27(17(14)19(20,21)22)15-8-9-16(29-3)25-24-15/h4-10H,11H2,1-3H3. The largest absolute Gasteiger partial charge is 0.480 e. The topological polar surface area (TPSA) is 73.1 Å². The molecular formula is C19H18F3N5O2. The van der Waals surface area contributed by atoms with Crippen molar-refractivity contribution in [2.75, 3.05) is 14.2 Å². The Balaban J connectivity index is 1.97. The van der Waals surface area contributed by atoms with Crippen LogP contribution >= 0.6 is 0 Å². The number of aryl methyl sites for hydroxylation is 1. The zero-order valence-corrected chi connectivity index (χ0v) is 15.9. The van der Waals surface area contributed by atoms with E-state index in [-0.39, 0.29) is 18.2 Å². The van der Waals surface area contributed by atoms with E-state index in [9.17, 15) is 18.0 Å². The van der Waals surface area contributed by atoms with Crippen molar-refractivity contribution in [3.8, 4) is 11.7 Å². The summed E-state index contributed by atoms with van der Waals surface area (Å²) in [4.78, 5) is 14.0. The third-order valence-electron chi connectivity index (χ3n) is 4.34. The number of carbonyl (C=O) groups is 1. The minimum atomic E-state index is -4.83. The third-order valence-corrected chi connectivity index (χ3v) is 4.34. The molecule has 29 heavy (non-hydrogen) atoms. The summed E-state index contributed by atoms with van der Waals surface area (Å²) in [5, 5.41) is 11.1. The van der Waals surface area contributed by atoms with Crippen LogP contribution in [0.25, 0.3) is 5.82 Å². The van der Waals surface area contributed by atoms with E-state index in [1.165, 1.54) is 31.2 Å². The Morgan fingerprint density at radius 1 is 1.17 bits per heavy atom. The number of rotatable bonds is 5. The monoisotopic (exact) mass is 405 g/mol. The van der Waals surface area contributed by atoms with Crippen LogP contribution in [0.4, 0.5) is 13.2 Å². The fourth-order valence-electron chi connectivity index (χ4n) is 2.81. The molecule has 0 aliphatic heterocycles. The van der Waals surface area contributed by atoms with Crippen molar-refractivity contribution in [2.45, 2.75) is 19.6 Å². The van der Waals surface area contributed by atoms with Gasteiger partial charge >= 0.3 is 6.18 Å². The number of nitrogens with zero attached hydrogens (tertiary/aromatic N) is 5. The number of benzene rings is 1. The number of ether oxygens (including phenoxy) is 1. The van der Waals surface area contributed by atoms with Crippen molar-refractivity contribution >= 4 is 5.91 Å². The van der Waals surface area contributed by atoms with Gasteiger partial charge in [-0.1, -0.05) is 24.3 Å². The Morgan fingerprint density at radius 2 is 1.90 bits per heavy atom. The quantitative estimate of drug-likeness (QED) is 0.652. The fourth-order valence-corrected chi connectivity index (χ4v) is 2.81. The van der Waals surface area contributed by atoms with Gasteiger partial charge in [0.15, 0.2) is 11.5 Å². The molecular weight excluding hydrogens is 387 g/mol. The fraction of sp³-hybridized carbons (Fsp3) is 0.263. The van der Waals surface area contributed by atoms with Gasteiger partial charge in [-0.05, 0) is 24.1 Å². The van der Waals surface area contributed by atoms with Crippen molar-refractivity contribution in [2.24, 2.45) is 0 Å². The first-order valence-corrected chi connectivity index (χ1v) is 8.55. The molecule has 3 aromatic rings. The van der Waals surface area contributed by atoms with Gasteiger partial charge in [0.2, 0.25) is 5.88 Å². The number of alkyl halides is 3. The zero-order chi connectivity index (χ0) is 21.2. The number of methoxy groups -OCH3 is 1. The van der Waals surface area contributed by atoms with Crippen LogP contribution in [0.5, 0.6) is 5.88 Å². The van der Waals surface area contributed by atoms with E-state index in [2.05, 4.69) is 15.3 Å². The van der Waals surface area contributed by atoms with Gasteiger partial charge in [-0.25, -0.2) is 4.68 Å². The molecule has 2 heterocycles. The van der Waals surface area contributed by atoms with Gasteiger partial charge in [0.05, 0.1) is 18.9 Å². The van der Waals surface area contributed by atoms with Gasteiger partial charge in [0.1, 0.15) is 0 Å². The molecule has 1 aromatic carbocycles. The molecule has 0 radical (unpaired) electrons. The van der Waals surface area contributed by atoms with Crippen LogP contribution in [0.2, 0.25) is 0 Å². The molecule has 0 saturated heterocycles. The lowest BCUT2D eigenvalue weighted by atomic mass is 10.1. The highest BCUT2D eigenvalue weighted by Gasteiger charge is 2.41. The highest BCUT2D eigenvalue weighted by Crippen LogP contribution is 2.34. The van der Waals surface area contributed by atoms with Crippen molar-refractivity contribution < 1.29 is 22.7 Å². The van der Waals surface area contributed by atoms with E-state index in [0.717, 1.165) is 17.3 Å². The number of hydrogen-bond donors (Lipinski definition) is 0. The van der Waals surface area contributed by atoms with Crippen molar-refractivity contribution in [3.05, 3.63) is 65.0 Å². The number of halogens is 3. The predicted molar refractivity (Wildman–Crippen MR) is 97.7 cm³/mol. The summed E-state index contributed by atoms with van der Waals surface area (Å²) in [6.07, 6.45) is -3.93. The van der Waals surface area contributed by atoms with Gasteiger partial charge in [-0.2, -0.15) is 18.3 Å². The molecule has 0 bridgehead atoms. The average Bonchev–Trinajstić information content (AvgIpc) is 3.15. The molecule has 3 rings (SSSR count). The van der Waals surface area contributed by atoms with Crippen LogP contribution in [-0.4, -0.2) is 44.9 Å². The molecule has 0 unspecified atom stereocenters. The third kappa shape index (κ3) is 4.20. The lowest BCUT2D eigenvalue weighted by molar-refractivity contribution is -0.143. The maximum absolute atomic E-state index is 13.8. The summed E-state index contributed by atoms with van der Waals surface area (Å²) in [7, 11) is 2.80. The molecule has 2 aromatic heterocycles. The van der Waals surface area contributed by atoms with Gasteiger partial charge in [-0.3, -0.25) is 4.79 Å². The molecule has 7 nitrogen and oxygen atoms in total. The second-order valence-corrected chi connectivity index (χ2v) is 6.34. The van der Waals surface area contributed by atoms with Gasteiger partial charge in [0.25, 0.3) is 5.91 Å². The first kappa shape index (κ1) is 20.3. The lowest BCUT2D eigenvalue weighted by Crippen LogP contribution is -2.29. The normalized spacial score (nSPS) is 11.4. The van der Waals surface area contributed by atoms with E-state index < -0.39 is 23.3 Å². The Kier molecular flexibility index (Phi) is 5.53. The van der Waals surface area contributed by atoms with Crippen LogP contribution in [0, 0.1) is 6.92 Å². The molecule has 0 spiro atoms. The molecule has 0 saturated carbocycles. The summed E-state index contributed by atoms with van der Waals surface area (Å²) in [5.41, 5.74) is 0.00233. The Morgan fingerprint density at radius 3 is 2.48 bits per heavy atom. The van der Waals surface area contributed by atoms with Gasteiger partial charge in [0, 0.05) is 19.7 Å². The molecule has 152 valence electrons. The summed E-state index contributed by atoms with van der Waals surface area (Å²) >= 11 is 0. The number of aromatic nitrogens is 4. The maximum atomic E-state index is 13.8. The summed E-state index contributed by atoms with van der Waals surface area (Å²) in [6, 6.07) is 9.98.